The van der Waals surface area contributed by atoms with Crippen molar-refractivity contribution >= 4 is 5.91 Å². The van der Waals surface area contributed by atoms with Crippen LogP contribution in [0.15, 0.2) is 54.6 Å². The highest BCUT2D eigenvalue weighted by Gasteiger charge is 2.25. The number of hydrogen-bond acceptors (Lipinski definition) is 2. The van der Waals surface area contributed by atoms with Gasteiger partial charge in [0.15, 0.2) is 0 Å². The molecule has 0 radical (unpaired) electrons. The molecule has 1 saturated heterocycles. The van der Waals surface area contributed by atoms with Crippen LogP contribution in [0.3, 0.4) is 0 Å². The number of nitrogens with one attached hydrogen (secondary N) is 1. The van der Waals surface area contributed by atoms with Gasteiger partial charge in [0.25, 0.3) is 0 Å². The molecule has 3 rings (SSSR count). The first-order valence-corrected chi connectivity index (χ1v) is 10.3. The molecule has 0 aliphatic carbocycles. The summed E-state index contributed by atoms with van der Waals surface area (Å²) >= 11 is 0. The van der Waals surface area contributed by atoms with E-state index in [0.717, 1.165) is 18.5 Å². The fourth-order valence-corrected chi connectivity index (χ4v) is 3.99. The van der Waals surface area contributed by atoms with Crippen molar-refractivity contribution in [3.63, 3.8) is 0 Å². The minimum atomic E-state index is -0.0954. The van der Waals surface area contributed by atoms with Gasteiger partial charge in [0.05, 0.1) is 5.92 Å². The Morgan fingerprint density at radius 1 is 1.00 bits per heavy atom. The molecular weight excluding hydrogens is 332 g/mol. The van der Waals surface area contributed by atoms with Crippen molar-refractivity contribution in [3.8, 4) is 0 Å². The highest BCUT2D eigenvalue weighted by molar-refractivity contribution is 5.84. The Hall–Kier alpha value is -2.13. The van der Waals surface area contributed by atoms with Crippen LogP contribution in [0, 0.1) is 5.92 Å². The number of carbonyl (C=O) groups is 1. The molecule has 1 fully saturated rings. The molecule has 1 heterocycles. The van der Waals surface area contributed by atoms with E-state index in [1.54, 1.807) is 0 Å². The van der Waals surface area contributed by atoms with E-state index in [1.807, 2.05) is 18.2 Å². The lowest BCUT2D eigenvalue weighted by Crippen LogP contribution is -2.32. The van der Waals surface area contributed by atoms with E-state index in [4.69, 9.17) is 0 Å². The predicted molar refractivity (Wildman–Crippen MR) is 111 cm³/mol. The zero-order valence-electron chi connectivity index (χ0n) is 16.7. The molecule has 1 amide bonds. The zero-order valence-corrected chi connectivity index (χ0v) is 16.7. The van der Waals surface area contributed by atoms with Crippen LogP contribution in [0.4, 0.5) is 0 Å². The van der Waals surface area contributed by atoms with Crippen molar-refractivity contribution in [3.05, 3.63) is 71.3 Å². The summed E-state index contributed by atoms with van der Waals surface area (Å²) in [4.78, 5) is 15.6. The molecule has 0 bridgehead atoms. The Morgan fingerprint density at radius 3 is 2.30 bits per heavy atom. The van der Waals surface area contributed by atoms with Gasteiger partial charge in [0.2, 0.25) is 5.91 Å². The largest absolute Gasteiger partial charge is 0.351 e. The fraction of sp³-hybridized carbons (Fsp3) is 0.458. The van der Waals surface area contributed by atoms with Crippen molar-refractivity contribution < 1.29 is 4.79 Å². The van der Waals surface area contributed by atoms with E-state index in [2.05, 4.69) is 60.5 Å². The summed E-state index contributed by atoms with van der Waals surface area (Å²) in [7, 11) is 0. The molecule has 1 N–H and O–H groups in total. The first-order chi connectivity index (χ1) is 13.2. The van der Waals surface area contributed by atoms with Gasteiger partial charge in [-0.25, -0.2) is 0 Å². The monoisotopic (exact) mass is 364 g/mol. The average Bonchev–Trinajstić information content (AvgIpc) is 3.21. The van der Waals surface area contributed by atoms with Crippen LogP contribution in [-0.2, 0) is 17.9 Å². The second kappa shape index (κ2) is 9.70. The van der Waals surface area contributed by atoms with Gasteiger partial charge in [-0.05, 0) is 48.5 Å². The molecule has 2 unspecified atom stereocenters. The normalized spacial score (nSPS) is 16.8. The van der Waals surface area contributed by atoms with Crippen LogP contribution >= 0.6 is 0 Å². The van der Waals surface area contributed by atoms with Gasteiger partial charge in [-0.3, -0.25) is 9.69 Å². The average molecular weight is 365 g/mol. The van der Waals surface area contributed by atoms with Gasteiger partial charge in [0.1, 0.15) is 0 Å². The topological polar surface area (TPSA) is 32.3 Å². The highest BCUT2D eigenvalue weighted by Crippen LogP contribution is 2.27. The summed E-state index contributed by atoms with van der Waals surface area (Å²) in [5.74, 6) is 0.348. The molecule has 0 saturated carbocycles. The van der Waals surface area contributed by atoms with Crippen LogP contribution in [-0.4, -0.2) is 23.9 Å². The standard InChI is InChI=1S/C24H32N2O/c1-3-19(2)23(20-11-5-4-6-12-20)24(27)25-17-21-13-7-8-14-22(21)18-26-15-9-10-16-26/h4-8,11-14,19,23H,3,9-10,15-18H2,1-2H3,(H,25,27). The van der Waals surface area contributed by atoms with Crippen LogP contribution in [0.1, 0.15) is 55.7 Å². The van der Waals surface area contributed by atoms with Gasteiger partial charge in [-0.1, -0.05) is 74.9 Å². The molecule has 27 heavy (non-hydrogen) atoms. The van der Waals surface area contributed by atoms with Crippen molar-refractivity contribution in [1.82, 2.24) is 10.2 Å². The number of nitrogens with zero attached hydrogens (tertiary/aromatic N) is 1. The molecule has 2 aromatic rings. The number of amides is 1. The van der Waals surface area contributed by atoms with Gasteiger partial charge < -0.3 is 5.32 Å². The lowest BCUT2D eigenvalue weighted by molar-refractivity contribution is -0.123. The minimum Gasteiger partial charge on any atom is -0.351 e. The fourth-order valence-electron chi connectivity index (χ4n) is 3.99. The molecule has 3 heteroatoms. The third-order valence-electron chi connectivity index (χ3n) is 5.82. The van der Waals surface area contributed by atoms with Crippen LogP contribution in [0.25, 0.3) is 0 Å². The van der Waals surface area contributed by atoms with Crippen molar-refractivity contribution in [2.24, 2.45) is 5.92 Å². The van der Waals surface area contributed by atoms with E-state index < -0.39 is 0 Å². The summed E-state index contributed by atoms with van der Waals surface area (Å²) in [5, 5.41) is 3.22. The third-order valence-corrected chi connectivity index (χ3v) is 5.82. The quantitative estimate of drug-likeness (QED) is 0.734. The van der Waals surface area contributed by atoms with Gasteiger partial charge in [-0.2, -0.15) is 0 Å². The predicted octanol–water partition coefficient (Wildman–Crippen LogP) is 4.73. The molecule has 2 atom stereocenters. The third kappa shape index (κ3) is 5.20. The Labute approximate surface area is 163 Å². The Balaban J connectivity index is 1.68. The second-order valence-electron chi connectivity index (χ2n) is 7.74. The smallest absolute Gasteiger partial charge is 0.228 e. The van der Waals surface area contributed by atoms with Crippen molar-refractivity contribution in [2.75, 3.05) is 13.1 Å². The van der Waals surface area contributed by atoms with Crippen molar-refractivity contribution in [2.45, 2.75) is 52.1 Å². The number of likely N-dealkylation sites (tertiary alicyclic amines) is 1. The number of rotatable bonds is 8. The van der Waals surface area contributed by atoms with E-state index in [-0.39, 0.29) is 11.8 Å². The Kier molecular flexibility index (Phi) is 7.05. The maximum Gasteiger partial charge on any atom is 0.228 e. The number of hydrogen-bond donors (Lipinski definition) is 1. The van der Waals surface area contributed by atoms with Gasteiger partial charge in [-0.15, -0.1) is 0 Å². The maximum atomic E-state index is 13.1. The summed E-state index contributed by atoms with van der Waals surface area (Å²) in [6, 6.07) is 18.7. The first kappa shape index (κ1) is 19.6. The van der Waals surface area contributed by atoms with E-state index in [0.29, 0.717) is 12.5 Å². The van der Waals surface area contributed by atoms with Gasteiger partial charge in [0, 0.05) is 13.1 Å². The molecule has 0 aromatic heterocycles. The first-order valence-electron chi connectivity index (χ1n) is 10.3. The van der Waals surface area contributed by atoms with E-state index in [9.17, 15) is 4.79 Å². The molecule has 2 aromatic carbocycles. The Bertz CT molecular complexity index is 722. The second-order valence-corrected chi connectivity index (χ2v) is 7.74. The summed E-state index contributed by atoms with van der Waals surface area (Å²) < 4.78 is 0. The van der Waals surface area contributed by atoms with Crippen LogP contribution in [0.5, 0.6) is 0 Å². The maximum absolute atomic E-state index is 13.1. The zero-order chi connectivity index (χ0) is 19.1. The lowest BCUT2D eigenvalue weighted by Gasteiger charge is -2.23. The van der Waals surface area contributed by atoms with Crippen LogP contribution in [0.2, 0.25) is 0 Å². The molecule has 144 valence electrons. The minimum absolute atomic E-state index is 0.0954. The molecule has 0 spiro atoms. The SMILES string of the molecule is CCC(C)C(C(=O)NCc1ccccc1CN1CCCC1)c1ccccc1. The lowest BCUT2D eigenvalue weighted by atomic mass is 9.85. The van der Waals surface area contributed by atoms with E-state index in [1.165, 1.54) is 37.1 Å². The summed E-state index contributed by atoms with van der Waals surface area (Å²) in [6.45, 7) is 8.27. The van der Waals surface area contributed by atoms with Crippen molar-refractivity contribution in [1.29, 1.82) is 0 Å². The van der Waals surface area contributed by atoms with Crippen LogP contribution < -0.4 is 5.32 Å². The molecule has 1 aliphatic rings. The molecule has 1 aliphatic heterocycles. The highest BCUT2D eigenvalue weighted by atomic mass is 16.1. The van der Waals surface area contributed by atoms with Gasteiger partial charge >= 0.3 is 0 Å². The Morgan fingerprint density at radius 2 is 1.63 bits per heavy atom. The molecular formula is C24H32N2O. The summed E-state index contributed by atoms with van der Waals surface area (Å²) in [5.41, 5.74) is 3.67. The molecule has 3 nitrogen and oxygen atoms in total. The van der Waals surface area contributed by atoms with E-state index >= 15 is 0 Å². The number of carbonyl (C=O) groups excluding carboxylic acids is 1. The summed E-state index contributed by atoms with van der Waals surface area (Å²) in [6.07, 6.45) is 3.58. The number of benzene rings is 2.